The van der Waals surface area contributed by atoms with Crippen LogP contribution in [0.4, 0.5) is 8.78 Å². The molecule has 1 heterocycles. The summed E-state index contributed by atoms with van der Waals surface area (Å²) in [6.07, 6.45) is 0. The Bertz CT molecular complexity index is 1070. The normalized spacial score (nSPS) is 11.4. The molecule has 0 aliphatic heterocycles. The van der Waals surface area contributed by atoms with Gasteiger partial charge in [-0.3, -0.25) is 0 Å². The quantitative estimate of drug-likeness (QED) is 0.271. The lowest BCUT2D eigenvalue weighted by Gasteiger charge is -2.09. The van der Waals surface area contributed by atoms with Crippen molar-refractivity contribution in [1.29, 1.82) is 0 Å². The van der Waals surface area contributed by atoms with Crippen molar-refractivity contribution in [1.82, 2.24) is 9.36 Å². The van der Waals surface area contributed by atoms with Crippen molar-refractivity contribution in [3.63, 3.8) is 0 Å². The van der Waals surface area contributed by atoms with Crippen molar-refractivity contribution in [2.24, 2.45) is 10.9 Å². The Labute approximate surface area is 172 Å². The molecule has 1 aromatic heterocycles. The van der Waals surface area contributed by atoms with Gasteiger partial charge in [-0.25, -0.2) is 18.6 Å². The Balaban J connectivity index is 1.76. The number of benzene rings is 2. The van der Waals surface area contributed by atoms with E-state index < -0.39 is 29.0 Å². The molecule has 0 fully saturated rings. The molecule has 0 saturated carbocycles. The van der Waals surface area contributed by atoms with Crippen molar-refractivity contribution in [3.05, 3.63) is 63.6 Å². The summed E-state index contributed by atoms with van der Waals surface area (Å²) < 4.78 is 38.2. The Kier molecular flexibility index (Phi) is 6.35. The van der Waals surface area contributed by atoms with Gasteiger partial charge in [0.05, 0.1) is 5.56 Å². The molecule has 2 N–H and O–H groups in total. The number of oxime groups is 1. The monoisotopic (exact) mass is 438 g/mol. The molecule has 7 nitrogen and oxygen atoms in total. The van der Waals surface area contributed by atoms with Crippen LogP contribution in [0.2, 0.25) is 5.02 Å². The second-order valence-electron chi connectivity index (χ2n) is 5.60. The zero-order chi connectivity index (χ0) is 21.0. The summed E-state index contributed by atoms with van der Waals surface area (Å²) in [5.74, 6) is -3.28. The van der Waals surface area contributed by atoms with Crippen LogP contribution in [-0.2, 0) is 16.2 Å². The third kappa shape index (κ3) is 5.04. The third-order valence-corrected chi connectivity index (χ3v) is 4.44. The summed E-state index contributed by atoms with van der Waals surface area (Å²) >= 11 is 6.93. The maximum absolute atomic E-state index is 14.6. The topological polar surface area (TPSA) is 99.7 Å². The van der Waals surface area contributed by atoms with Gasteiger partial charge in [0, 0.05) is 17.5 Å². The van der Waals surface area contributed by atoms with Gasteiger partial charge in [0.15, 0.2) is 28.2 Å². The van der Waals surface area contributed by atoms with E-state index in [2.05, 4.69) is 19.4 Å². The lowest BCUT2D eigenvalue weighted by Crippen LogP contribution is -2.19. The minimum absolute atomic E-state index is 0.103. The predicted octanol–water partition coefficient (Wildman–Crippen LogP) is 3.90. The molecule has 0 amide bonds. The first-order valence-electron chi connectivity index (χ1n) is 8.06. The van der Waals surface area contributed by atoms with Crippen LogP contribution in [0.3, 0.4) is 0 Å². The molecule has 0 atom stereocenters. The molecule has 11 heteroatoms. The Morgan fingerprint density at radius 3 is 2.66 bits per heavy atom. The fourth-order valence-corrected chi connectivity index (χ4v) is 2.91. The molecule has 0 saturated heterocycles. The number of amidine groups is 1. The Morgan fingerprint density at radius 2 is 1.97 bits per heavy atom. The summed E-state index contributed by atoms with van der Waals surface area (Å²) in [7, 11) is 0. The van der Waals surface area contributed by atoms with E-state index in [-0.39, 0.29) is 12.4 Å². The largest absolute Gasteiger partial charge is 0.483 e. The first kappa shape index (κ1) is 20.6. The maximum atomic E-state index is 14.6. The smallest absolute Gasteiger partial charge is 0.332 e. The van der Waals surface area contributed by atoms with Gasteiger partial charge in [-0.1, -0.05) is 16.8 Å². The van der Waals surface area contributed by atoms with E-state index in [1.807, 2.05) is 0 Å². The average molecular weight is 439 g/mol. The first-order chi connectivity index (χ1) is 13.8. The molecular formula is C18H13ClF2N4O3S. The van der Waals surface area contributed by atoms with E-state index in [0.717, 1.165) is 36.2 Å². The second kappa shape index (κ2) is 8.93. The third-order valence-electron chi connectivity index (χ3n) is 3.51. The van der Waals surface area contributed by atoms with Crippen LogP contribution in [0, 0.1) is 11.6 Å². The summed E-state index contributed by atoms with van der Waals surface area (Å²) in [6.45, 7) is 0.970. The van der Waals surface area contributed by atoms with Crippen molar-refractivity contribution in [2.75, 3.05) is 0 Å². The van der Waals surface area contributed by atoms with Gasteiger partial charge >= 0.3 is 5.97 Å². The van der Waals surface area contributed by atoms with Gasteiger partial charge < -0.3 is 15.3 Å². The SMILES string of the molecule is CC(=O)ON=C(N)c1c(F)ccc(OCc2nc(-c3ccc(Cl)cc3)ns2)c1F. The van der Waals surface area contributed by atoms with Crippen LogP contribution in [0.5, 0.6) is 5.75 Å². The minimum atomic E-state index is -1.08. The number of hydrogen-bond acceptors (Lipinski definition) is 7. The van der Waals surface area contributed by atoms with E-state index >= 15 is 0 Å². The molecule has 0 spiro atoms. The number of nitrogens with zero attached hydrogens (tertiary/aromatic N) is 3. The van der Waals surface area contributed by atoms with Gasteiger partial charge in [0.1, 0.15) is 12.4 Å². The number of halogens is 3. The van der Waals surface area contributed by atoms with E-state index in [1.165, 1.54) is 0 Å². The highest BCUT2D eigenvalue weighted by molar-refractivity contribution is 7.05. The van der Waals surface area contributed by atoms with Crippen LogP contribution < -0.4 is 10.5 Å². The molecule has 0 radical (unpaired) electrons. The van der Waals surface area contributed by atoms with Crippen molar-refractivity contribution >= 4 is 34.9 Å². The second-order valence-corrected chi connectivity index (χ2v) is 6.87. The molecule has 3 aromatic rings. The summed E-state index contributed by atoms with van der Waals surface area (Å²) in [4.78, 5) is 19.4. The van der Waals surface area contributed by atoms with Crippen LogP contribution in [-0.4, -0.2) is 21.2 Å². The fraction of sp³-hybridized carbons (Fsp3) is 0.111. The standard InChI is InChI=1S/C18H13ClF2N4O3S/c1-9(26)28-24-17(22)15-12(20)6-7-13(16(15)21)27-8-14-23-18(25-29-14)10-2-4-11(19)5-3-10/h2-7H,8H2,1H3,(H2,22,24). The van der Waals surface area contributed by atoms with Crippen molar-refractivity contribution in [2.45, 2.75) is 13.5 Å². The number of nitrogens with two attached hydrogens (primary N) is 1. The molecule has 29 heavy (non-hydrogen) atoms. The first-order valence-corrected chi connectivity index (χ1v) is 9.21. The van der Waals surface area contributed by atoms with E-state index in [4.69, 9.17) is 22.1 Å². The maximum Gasteiger partial charge on any atom is 0.332 e. The van der Waals surface area contributed by atoms with Gasteiger partial charge in [-0.2, -0.15) is 4.37 Å². The molecule has 3 rings (SSSR count). The molecule has 0 unspecified atom stereocenters. The lowest BCUT2D eigenvalue weighted by atomic mass is 10.1. The lowest BCUT2D eigenvalue weighted by molar-refractivity contribution is -0.140. The van der Waals surface area contributed by atoms with Gasteiger partial charge in [-0.05, 0) is 47.9 Å². The number of carbonyl (C=O) groups excluding carboxylic acids is 1. The highest BCUT2D eigenvalue weighted by Crippen LogP contribution is 2.25. The molecule has 0 aliphatic carbocycles. The Morgan fingerprint density at radius 1 is 1.24 bits per heavy atom. The number of ether oxygens (including phenoxy) is 1. The zero-order valence-corrected chi connectivity index (χ0v) is 16.4. The van der Waals surface area contributed by atoms with Crippen LogP contribution in [0.25, 0.3) is 11.4 Å². The highest BCUT2D eigenvalue weighted by atomic mass is 35.5. The zero-order valence-electron chi connectivity index (χ0n) is 14.9. The Hall–Kier alpha value is -3.11. The van der Waals surface area contributed by atoms with Crippen LogP contribution in [0.1, 0.15) is 17.5 Å². The molecule has 2 aromatic carbocycles. The summed E-state index contributed by atoms with van der Waals surface area (Å²) in [5, 5.41) is 4.26. The number of aromatic nitrogens is 2. The van der Waals surface area contributed by atoms with Gasteiger partial charge in [0.2, 0.25) is 0 Å². The minimum Gasteiger partial charge on any atom is -0.483 e. The van der Waals surface area contributed by atoms with E-state index in [1.54, 1.807) is 24.3 Å². The molecule has 0 aliphatic rings. The molecule has 150 valence electrons. The summed E-state index contributed by atoms with van der Waals surface area (Å²) in [6, 6.07) is 9.03. The van der Waals surface area contributed by atoms with Crippen LogP contribution in [0.15, 0.2) is 41.6 Å². The molecule has 0 bridgehead atoms. The highest BCUT2D eigenvalue weighted by Gasteiger charge is 2.19. The van der Waals surface area contributed by atoms with E-state index in [0.29, 0.717) is 15.9 Å². The van der Waals surface area contributed by atoms with Crippen molar-refractivity contribution < 1.29 is 23.1 Å². The average Bonchev–Trinajstić information content (AvgIpc) is 3.15. The van der Waals surface area contributed by atoms with Gasteiger partial charge in [0.25, 0.3) is 0 Å². The number of hydrogen-bond donors (Lipinski definition) is 1. The van der Waals surface area contributed by atoms with Gasteiger partial charge in [-0.15, -0.1) is 0 Å². The summed E-state index contributed by atoms with van der Waals surface area (Å²) in [5.41, 5.74) is 5.61. The van der Waals surface area contributed by atoms with Crippen LogP contribution >= 0.6 is 23.1 Å². The number of carbonyl (C=O) groups is 1. The molecular weight excluding hydrogens is 426 g/mol. The van der Waals surface area contributed by atoms with E-state index in [9.17, 15) is 13.6 Å². The fourth-order valence-electron chi connectivity index (χ4n) is 2.21. The number of rotatable bonds is 6. The predicted molar refractivity (Wildman–Crippen MR) is 104 cm³/mol. The van der Waals surface area contributed by atoms with Crippen molar-refractivity contribution in [3.8, 4) is 17.1 Å².